The maximum atomic E-state index is 5.18. The molecule has 0 amide bonds. The lowest BCUT2D eigenvalue weighted by Gasteiger charge is -2.12. The number of rotatable bonds is 4. The summed E-state index contributed by atoms with van der Waals surface area (Å²) < 4.78 is 5.18. The third-order valence-electron chi connectivity index (χ3n) is 2.15. The van der Waals surface area contributed by atoms with Gasteiger partial charge in [-0.2, -0.15) is 0 Å². The van der Waals surface area contributed by atoms with Gasteiger partial charge in [-0.05, 0) is 24.5 Å². The quantitative estimate of drug-likeness (QED) is 0.793. The number of methoxy groups -OCH3 is 1. The summed E-state index contributed by atoms with van der Waals surface area (Å²) in [6.07, 6.45) is 0. The molecule has 0 saturated carbocycles. The minimum absolute atomic E-state index is 0.653. The largest absolute Gasteiger partial charge is 0.497 e. The maximum Gasteiger partial charge on any atom is 0.120 e. The van der Waals surface area contributed by atoms with Crippen molar-refractivity contribution in [3.8, 4) is 5.75 Å². The zero-order valence-corrected chi connectivity index (χ0v) is 9.42. The summed E-state index contributed by atoms with van der Waals surface area (Å²) in [4.78, 5) is 0. The molecule has 78 valence electrons. The van der Waals surface area contributed by atoms with Crippen LogP contribution in [0.5, 0.6) is 5.75 Å². The topological polar surface area (TPSA) is 21.3 Å². The van der Waals surface area contributed by atoms with Crippen molar-refractivity contribution in [1.82, 2.24) is 0 Å². The highest BCUT2D eigenvalue weighted by molar-refractivity contribution is 5.54. The summed E-state index contributed by atoms with van der Waals surface area (Å²) >= 11 is 0. The fraction of sp³-hybridized carbons (Fsp3) is 0.500. The fourth-order valence-corrected chi connectivity index (χ4v) is 1.23. The van der Waals surface area contributed by atoms with Crippen LogP contribution in [0, 0.1) is 12.8 Å². The van der Waals surface area contributed by atoms with Gasteiger partial charge in [0.25, 0.3) is 0 Å². The van der Waals surface area contributed by atoms with Crippen LogP contribution in [0.15, 0.2) is 18.2 Å². The first-order chi connectivity index (χ1) is 6.63. The Balaban J connectivity index is 2.73. The molecule has 1 aromatic rings. The average Bonchev–Trinajstić information content (AvgIpc) is 2.16. The van der Waals surface area contributed by atoms with E-state index < -0.39 is 0 Å². The lowest BCUT2D eigenvalue weighted by molar-refractivity contribution is 0.415. The number of ether oxygens (including phenoxy) is 1. The first-order valence-electron chi connectivity index (χ1n) is 5.02. The molecule has 1 rings (SSSR count). The van der Waals surface area contributed by atoms with Crippen LogP contribution < -0.4 is 10.1 Å². The standard InChI is InChI=1S/C12H19NO/c1-9(2)8-13-12-7-11(14-4)6-5-10(12)3/h5-7,9,13H,8H2,1-4H3. The van der Waals surface area contributed by atoms with Gasteiger partial charge in [0.2, 0.25) is 0 Å². The van der Waals surface area contributed by atoms with E-state index in [1.165, 1.54) is 5.56 Å². The van der Waals surface area contributed by atoms with Gasteiger partial charge in [-0.3, -0.25) is 0 Å². The van der Waals surface area contributed by atoms with Gasteiger partial charge in [0, 0.05) is 18.3 Å². The summed E-state index contributed by atoms with van der Waals surface area (Å²) in [5.41, 5.74) is 2.42. The zero-order chi connectivity index (χ0) is 10.6. The van der Waals surface area contributed by atoms with E-state index in [0.717, 1.165) is 18.0 Å². The van der Waals surface area contributed by atoms with Crippen LogP contribution in [-0.2, 0) is 0 Å². The normalized spacial score (nSPS) is 10.4. The van der Waals surface area contributed by atoms with Crippen LogP contribution in [-0.4, -0.2) is 13.7 Å². The summed E-state index contributed by atoms with van der Waals surface area (Å²) in [5, 5.41) is 3.41. The first kappa shape index (κ1) is 10.9. The van der Waals surface area contributed by atoms with E-state index in [9.17, 15) is 0 Å². The molecule has 0 saturated heterocycles. The number of nitrogens with one attached hydrogen (secondary N) is 1. The smallest absolute Gasteiger partial charge is 0.120 e. The molecule has 0 aliphatic carbocycles. The van der Waals surface area contributed by atoms with Gasteiger partial charge in [-0.25, -0.2) is 0 Å². The zero-order valence-electron chi connectivity index (χ0n) is 9.42. The van der Waals surface area contributed by atoms with Crippen molar-refractivity contribution < 1.29 is 4.74 Å². The Morgan fingerprint density at radius 3 is 2.64 bits per heavy atom. The van der Waals surface area contributed by atoms with Crippen LogP contribution in [0.25, 0.3) is 0 Å². The van der Waals surface area contributed by atoms with E-state index in [4.69, 9.17) is 4.74 Å². The highest BCUT2D eigenvalue weighted by Gasteiger charge is 2.00. The molecule has 0 fully saturated rings. The molecule has 0 atom stereocenters. The lowest BCUT2D eigenvalue weighted by atomic mass is 10.1. The number of benzene rings is 1. The number of aryl methyl sites for hydroxylation is 1. The molecule has 0 spiro atoms. The second-order valence-electron chi connectivity index (χ2n) is 3.96. The second kappa shape index (κ2) is 4.89. The van der Waals surface area contributed by atoms with Gasteiger partial charge < -0.3 is 10.1 Å². The van der Waals surface area contributed by atoms with Crippen molar-refractivity contribution in [1.29, 1.82) is 0 Å². The van der Waals surface area contributed by atoms with E-state index in [0.29, 0.717) is 5.92 Å². The Hall–Kier alpha value is -1.18. The molecule has 14 heavy (non-hydrogen) atoms. The van der Waals surface area contributed by atoms with Crippen molar-refractivity contribution in [2.45, 2.75) is 20.8 Å². The fourth-order valence-electron chi connectivity index (χ4n) is 1.23. The molecular formula is C12H19NO. The predicted molar refractivity (Wildman–Crippen MR) is 61.1 cm³/mol. The molecule has 0 aromatic heterocycles. The van der Waals surface area contributed by atoms with Crippen LogP contribution in [0.3, 0.4) is 0 Å². The lowest BCUT2D eigenvalue weighted by Crippen LogP contribution is -2.08. The molecule has 0 aliphatic rings. The molecule has 0 radical (unpaired) electrons. The second-order valence-corrected chi connectivity index (χ2v) is 3.96. The maximum absolute atomic E-state index is 5.18. The Labute approximate surface area is 86.3 Å². The Morgan fingerprint density at radius 2 is 2.07 bits per heavy atom. The highest BCUT2D eigenvalue weighted by Crippen LogP contribution is 2.21. The van der Waals surface area contributed by atoms with Crippen LogP contribution >= 0.6 is 0 Å². The van der Waals surface area contributed by atoms with Crippen LogP contribution in [0.2, 0.25) is 0 Å². The third kappa shape index (κ3) is 2.95. The highest BCUT2D eigenvalue weighted by atomic mass is 16.5. The van der Waals surface area contributed by atoms with E-state index in [2.05, 4.69) is 32.2 Å². The van der Waals surface area contributed by atoms with Crippen molar-refractivity contribution in [2.75, 3.05) is 19.0 Å². The van der Waals surface area contributed by atoms with Crippen molar-refractivity contribution in [3.63, 3.8) is 0 Å². The molecule has 0 unspecified atom stereocenters. The SMILES string of the molecule is COc1ccc(C)c(NCC(C)C)c1. The number of anilines is 1. The summed E-state index contributed by atoms with van der Waals surface area (Å²) in [6.45, 7) is 7.49. The van der Waals surface area contributed by atoms with E-state index in [1.807, 2.05) is 12.1 Å². The van der Waals surface area contributed by atoms with Crippen molar-refractivity contribution in [3.05, 3.63) is 23.8 Å². The molecule has 0 bridgehead atoms. The molecule has 1 N–H and O–H groups in total. The van der Waals surface area contributed by atoms with E-state index in [-0.39, 0.29) is 0 Å². The Kier molecular flexibility index (Phi) is 3.81. The molecule has 2 heteroatoms. The van der Waals surface area contributed by atoms with Crippen molar-refractivity contribution in [2.24, 2.45) is 5.92 Å². The average molecular weight is 193 g/mol. The summed E-state index contributed by atoms with van der Waals surface area (Å²) in [7, 11) is 1.69. The molecule has 0 aliphatic heterocycles. The minimum Gasteiger partial charge on any atom is -0.497 e. The minimum atomic E-state index is 0.653. The van der Waals surface area contributed by atoms with Crippen molar-refractivity contribution >= 4 is 5.69 Å². The van der Waals surface area contributed by atoms with Gasteiger partial charge >= 0.3 is 0 Å². The van der Waals surface area contributed by atoms with Gasteiger partial charge in [-0.1, -0.05) is 19.9 Å². The molecular weight excluding hydrogens is 174 g/mol. The monoisotopic (exact) mass is 193 g/mol. The molecule has 0 heterocycles. The Bertz CT molecular complexity index is 294. The summed E-state index contributed by atoms with van der Waals surface area (Å²) in [5.74, 6) is 1.56. The number of hydrogen-bond acceptors (Lipinski definition) is 2. The molecule has 1 aromatic carbocycles. The van der Waals surface area contributed by atoms with Gasteiger partial charge in [0.05, 0.1) is 7.11 Å². The molecule has 2 nitrogen and oxygen atoms in total. The van der Waals surface area contributed by atoms with Gasteiger partial charge in [0.15, 0.2) is 0 Å². The van der Waals surface area contributed by atoms with Gasteiger partial charge in [-0.15, -0.1) is 0 Å². The Morgan fingerprint density at radius 1 is 1.36 bits per heavy atom. The van der Waals surface area contributed by atoms with Crippen LogP contribution in [0.4, 0.5) is 5.69 Å². The summed E-state index contributed by atoms with van der Waals surface area (Å²) in [6, 6.07) is 6.09. The van der Waals surface area contributed by atoms with E-state index >= 15 is 0 Å². The van der Waals surface area contributed by atoms with Gasteiger partial charge in [0.1, 0.15) is 5.75 Å². The van der Waals surface area contributed by atoms with Crippen LogP contribution in [0.1, 0.15) is 19.4 Å². The number of hydrogen-bond donors (Lipinski definition) is 1. The first-order valence-corrected chi connectivity index (χ1v) is 5.02. The van der Waals surface area contributed by atoms with E-state index in [1.54, 1.807) is 7.11 Å². The third-order valence-corrected chi connectivity index (χ3v) is 2.15. The predicted octanol–water partition coefficient (Wildman–Crippen LogP) is 3.07.